The quantitative estimate of drug-likeness (QED) is 0.732. The van der Waals surface area contributed by atoms with Crippen LogP contribution in [0.4, 0.5) is 5.82 Å². The Bertz CT molecular complexity index is 925. The van der Waals surface area contributed by atoms with Crippen LogP contribution >= 0.6 is 22.9 Å². The van der Waals surface area contributed by atoms with E-state index >= 15 is 0 Å². The molecular weight excluding hydrogens is 334 g/mol. The van der Waals surface area contributed by atoms with Gasteiger partial charge in [-0.25, -0.2) is 9.97 Å². The number of carbonyl (C=O) groups is 1. The van der Waals surface area contributed by atoms with Gasteiger partial charge in [-0.15, -0.1) is 11.3 Å². The zero-order valence-electron chi connectivity index (χ0n) is 12.0. The number of nitrogens with zero attached hydrogens (tertiary/aromatic N) is 4. The fraction of sp³-hybridized carbons (Fsp3) is 0.200. The fourth-order valence-corrected chi connectivity index (χ4v) is 4.02. The molecular formula is C15H12ClN5OS. The smallest absolute Gasteiger partial charge is 0.264 e. The van der Waals surface area contributed by atoms with E-state index in [4.69, 9.17) is 17.3 Å². The van der Waals surface area contributed by atoms with Crippen molar-refractivity contribution in [1.82, 2.24) is 19.9 Å². The van der Waals surface area contributed by atoms with Crippen molar-refractivity contribution in [2.24, 2.45) is 0 Å². The second kappa shape index (κ2) is 5.43. The average Bonchev–Trinajstić information content (AvgIpc) is 3.00. The average molecular weight is 346 g/mol. The normalized spacial score (nSPS) is 14.0. The van der Waals surface area contributed by atoms with Gasteiger partial charge in [0.05, 0.1) is 26.8 Å². The molecule has 0 fully saturated rings. The molecule has 0 aromatic carbocycles. The van der Waals surface area contributed by atoms with Gasteiger partial charge in [-0.05, 0) is 6.07 Å². The van der Waals surface area contributed by atoms with E-state index < -0.39 is 0 Å². The largest absolute Gasteiger partial charge is 0.383 e. The van der Waals surface area contributed by atoms with Gasteiger partial charge in [0.25, 0.3) is 5.91 Å². The molecule has 23 heavy (non-hydrogen) atoms. The number of fused-ring (bicyclic) bond motifs is 2. The van der Waals surface area contributed by atoms with Crippen molar-refractivity contribution in [3.63, 3.8) is 0 Å². The molecule has 0 atom stereocenters. The first-order chi connectivity index (χ1) is 11.1. The molecule has 0 bridgehead atoms. The maximum atomic E-state index is 12.8. The van der Waals surface area contributed by atoms with Crippen LogP contribution in [0.3, 0.4) is 0 Å². The molecule has 6 nitrogen and oxygen atoms in total. The lowest BCUT2D eigenvalue weighted by Crippen LogP contribution is -2.36. The molecule has 1 amide bonds. The van der Waals surface area contributed by atoms with E-state index in [9.17, 15) is 4.79 Å². The number of hydrogen-bond donors (Lipinski definition) is 1. The summed E-state index contributed by atoms with van der Waals surface area (Å²) in [4.78, 5) is 27.5. The molecule has 2 N–H and O–H groups in total. The van der Waals surface area contributed by atoms with Gasteiger partial charge in [-0.3, -0.25) is 9.78 Å². The molecule has 8 heteroatoms. The predicted molar refractivity (Wildman–Crippen MR) is 89.5 cm³/mol. The van der Waals surface area contributed by atoms with Crippen molar-refractivity contribution in [3.05, 3.63) is 45.9 Å². The highest BCUT2D eigenvalue weighted by atomic mass is 35.5. The third-order valence-corrected chi connectivity index (χ3v) is 5.29. The van der Waals surface area contributed by atoms with Crippen LogP contribution in [0.2, 0.25) is 5.02 Å². The van der Waals surface area contributed by atoms with Crippen molar-refractivity contribution in [1.29, 1.82) is 0 Å². The molecule has 4 rings (SSSR count). The SMILES string of the molecule is Nc1ncnc2c1CN(C(=O)c1cc3c(Cl)cncc3s1)CC2. The third-order valence-electron chi connectivity index (χ3n) is 3.93. The topological polar surface area (TPSA) is 85.0 Å². The first-order valence-electron chi connectivity index (χ1n) is 7.04. The van der Waals surface area contributed by atoms with E-state index in [2.05, 4.69) is 15.0 Å². The van der Waals surface area contributed by atoms with Gasteiger partial charge in [-0.2, -0.15) is 0 Å². The Morgan fingerprint density at radius 3 is 3.04 bits per heavy atom. The van der Waals surface area contributed by atoms with Crippen LogP contribution in [0, 0.1) is 0 Å². The van der Waals surface area contributed by atoms with E-state index in [-0.39, 0.29) is 5.91 Å². The molecule has 0 spiro atoms. The Balaban J connectivity index is 1.67. The summed E-state index contributed by atoms with van der Waals surface area (Å²) in [6, 6.07) is 1.83. The number of pyridine rings is 1. The third kappa shape index (κ3) is 2.42. The minimum absolute atomic E-state index is 0.0313. The summed E-state index contributed by atoms with van der Waals surface area (Å²) in [7, 11) is 0. The van der Waals surface area contributed by atoms with E-state index in [0.29, 0.717) is 35.2 Å². The second-order valence-corrected chi connectivity index (χ2v) is 6.80. The number of anilines is 1. The van der Waals surface area contributed by atoms with Gasteiger partial charge >= 0.3 is 0 Å². The lowest BCUT2D eigenvalue weighted by Gasteiger charge is -2.28. The van der Waals surface area contributed by atoms with Gasteiger partial charge in [0.1, 0.15) is 12.1 Å². The summed E-state index contributed by atoms with van der Waals surface area (Å²) in [6.07, 6.45) is 5.45. The highest BCUT2D eigenvalue weighted by Gasteiger charge is 2.25. The fourth-order valence-electron chi connectivity index (χ4n) is 2.73. The van der Waals surface area contributed by atoms with Crippen LogP contribution < -0.4 is 5.73 Å². The molecule has 3 aromatic heterocycles. The standard InChI is InChI=1S/C15H12ClN5OS/c16-10-4-18-5-13-8(10)3-12(23-13)15(22)21-2-1-11-9(6-21)14(17)20-7-19-11/h3-5,7H,1-2,6H2,(H2,17,19,20). The van der Waals surface area contributed by atoms with Gasteiger partial charge in [0.15, 0.2) is 0 Å². The van der Waals surface area contributed by atoms with Crippen LogP contribution in [0.25, 0.3) is 10.1 Å². The lowest BCUT2D eigenvalue weighted by molar-refractivity contribution is 0.0739. The molecule has 1 aliphatic rings. The Morgan fingerprint density at radius 2 is 2.22 bits per heavy atom. The minimum Gasteiger partial charge on any atom is -0.383 e. The molecule has 0 saturated carbocycles. The van der Waals surface area contributed by atoms with E-state index in [1.165, 1.54) is 17.7 Å². The number of amides is 1. The predicted octanol–water partition coefficient (Wildman–Crippen LogP) is 2.52. The van der Waals surface area contributed by atoms with E-state index in [0.717, 1.165) is 21.3 Å². The van der Waals surface area contributed by atoms with Gasteiger partial charge < -0.3 is 10.6 Å². The van der Waals surface area contributed by atoms with Crippen LogP contribution in [-0.4, -0.2) is 32.3 Å². The molecule has 0 radical (unpaired) electrons. The maximum Gasteiger partial charge on any atom is 0.264 e. The van der Waals surface area contributed by atoms with Gasteiger partial charge in [-0.1, -0.05) is 11.6 Å². The summed E-state index contributed by atoms with van der Waals surface area (Å²) in [5, 5.41) is 1.41. The molecule has 4 heterocycles. The molecule has 3 aromatic rings. The number of rotatable bonds is 1. The first kappa shape index (κ1) is 14.3. The zero-order chi connectivity index (χ0) is 16.0. The van der Waals surface area contributed by atoms with Crippen LogP contribution in [0.15, 0.2) is 24.8 Å². The summed E-state index contributed by atoms with van der Waals surface area (Å²) >= 11 is 7.53. The Hall–Kier alpha value is -2.25. The monoisotopic (exact) mass is 345 g/mol. The molecule has 1 aliphatic heterocycles. The number of halogens is 1. The van der Waals surface area contributed by atoms with Gasteiger partial charge in [0.2, 0.25) is 0 Å². The van der Waals surface area contributed by atoms with Crippen molar-refractivity contribution in [2.75, 3.05) is 12.3 Å². The number of carbonyl (C=O) groups excluding carboxylic acids is 1. The van der Waals surface area contributed by atoms with Crippen molar-refractivity contribution < 1.29 is 4.79 Å². The Morgan fingerprint density at radius 1 is 1.35 bits per heavy atom. The van der Waals surface area contributed by atoms with E-state index in [1.807, 2.05) is 6.07 Å². The molecule has 116 valence electrons. The zero-order valence-corrected chi connectivity index (χ0v) is 13.6. The number of nitrogen functional groups attached to an aromatic ring is 1. The molecule has 0 saturated heterocycles. The van der Waals surface area contributed by atoms with Crippen molar-refractivity contribution in [2.45, 2.75) is 13.0 Å². The minimum atomic E-state index is -0.0313. The van der Waals surface area contributed by atoms with Crippen LogP contribution in [-0.2, 0) is 13.0 Å². The summed E-state index contributed by atoms with van der Waals surface area (Å²) in [5.74, 6) is 0.409. The number of nitrogens with two attached hydrogens (primary N) is 1. The molecule has 0 aliphatic carbocycles. The Labute approximate surface area is 140 Å². The van der Waals surface area contributed by atoms with Crippen LogP contribution in [0.1, 0.15) is 20.9 Å². The lowest BCUT2D eigenvalue weighted by atomic mass is 10.1. The number of aromatic nitrogens is 3. The maximum absolute atomic E-state index is 12.8. The summed E-state index contributed by atoms with van der Waals surface area (Å²) < 4.78 is 0.904. The number of thiophene rings is 1. The molecule has 0 unspecified atom stereocenters. The first-order valence-corrected chi connectivity index (χ1v) is 8.23. The van der Waals surface area contributed by atoms with E-state index in [1.54, 1.807) is 17.3 Å². The summed E-state index contributed by atoms with van der Waals surface area (Å²) in [6.45, 7) is 1.05. The highest BCUT2D eigenvalue weighted by Crippen LogP contribution is 2.32. The highest BCUT2D eigenvalue weighted by molar-refractivity contribution is 7.20. The van der Waals surface area contributed by atoms with Crippen LogP contribution in [0.5, 0.6) is 0 Å². The van der Waals surface area contributed by atoms with Crippen molar-refractivity contribution >= 4 is 44.7 Å². The Kier molecular flexibility index (Phi) is 3.39. The van der Waals surface area contributed by atoms with Crippen molar-refractivity contribution in [3.8, 4) is 0 Å². The second-order valence-electron chi connectivity index (χ2n) is 5.30. The van der Waals surface area contributed by atoms with Gasteiger partial charge in [0, 0.05) is 36.3 Å². The summed E-state index contributed by atoms with van der Waals surface area (Å²) in [5.41, 5.74) is 7.67. The number of hydrogen-bond acceptors (Lipinski definition) is 6.